The molecule has 1 aromatic heterocycles. The summed E-state index contributed by atoms with van der Waals surface area (Å²) < 4.78 is 26.6. The fraction of sp³-hybridized carbons (Fsp3) is 0.154. The number of hydrogen-bond acceptors (Lipinski definition) is 5. The standard InChI is InChI=1S/C13H12N4O2S/c1-10-15-7-6-12(17-10)9-16-20(18,19)13-4-2-11(8-14)3-5-13/h2-7,16H,9H2,1H3. The Morgan fingerprint density at radius 2 is 1.95 bits per heavy atom. The highest BCUT2D eigenvalue weighted by atomic mass is 32.2. The van der Waals surface area contributed by atoms with Gasteiger partial charge >= 0.3 is 0 Å². The molecule has 1 heterocycles. The summed E-state index contributed by atoms with van der Waals surface area (Å²) in [5.74, 6) is 0.583. The van der Waals surface area contributed by atoms with Crippen LogP contribution in [0.1, 0.15) is 17.1 Å². The summed E-state index contributed by atoms with van der Waals surface area (Å²) in [6, 6.07) is 9.30. The van der Waals surface area contributed by atoms with Crippen molar-refractivity contribution in [2.24, 2.45) is 0 Å². The molecule has 0 aliphatic carbocycles. The number of nitrogens with one attached hydrogen (secondary N) is 1. The molecule has 0 atom stereocenters. The van der Waals surface area contributed by atoms with Crippen LogP contribution in [-0.2, 0) is 16.6 Å². The Kier molecular flexibility index (Phi) is 4.08. The van der Waals surface area contributed by atoms with Crippen LogP contribution in [0.3, 0.4) is 0 Å². The molecule has 0 radical (unpaired) electrons. The minimum atomic E-state index is -3.62. The summed E-state index contributed by atoms with van der Waals surface area (Å²) in [7, 11) is -3.62. The maximum absolute atomic E-state index is 12.1. The Morgan fingerprint density at radius 3 is 2.55 bits per heavy atom. The fourth-order valence-corrected chi connectivity index (χ4v) is 2.56. The Morgan fingerprint density at radius 1 is 1.25 bits per heavy atom. The predicted octanol–water partition coefficient (Wildman–Crippen LogP) is 1.14. The van der Waals surface area contributed by atoms with Crippen molar-refractivity contribution in [3.63, 3.8) is 0 Å². The zero-order valence-electron chi connectivity index (χ0n) is 10.7. The number of aryl methyl sites for hydroxylation is 1. The highest BCUT2D eigenvalue weighted by molar-refractivity contribution is 7.89. The highest BCUT2D eigenvalue weighted by Gasteiger charge is 2.13. The second kappa shape index (κ2) is 5.77. The molecule has 102 valence electrons. The predicted molar refractivity (Wildman–Crippen MR) is 72.0 cm³/mol. The lowest BCUT2D eigenvalue weighted by molar-refractivity contribution is 0.580. The van der Waals surface area contributed by atoms with Crippen molar-refractivity contribution in [1.29, 1.82) is 5.26 Å². The Hall–Kier alpha value is -2.30. The van der Waals surface area contributed by atoms with Crippen LogP contribution >= 0.6 is 0 Å². The lowest BCUT2D eigenvalue weighted by atomic mass is 10.2. The first kappa shape index (κ1) is 14.1. The average molecular weight is 288 g/mol. The SMILES string of the molecule is Cc1nccc(CNS(=O)(=O)c2ccc(C#N)cc2)n1. The topological polar surface area (TPSA) is 95.7 Å². The van der Waals surface area contributed by atoms with Crippen molar-refractivity contribution in [2.45, 2.75) is 18.4 Å². The first-order valence-electron chi connectivity index (χ1n) is 5.79. The molecule has 0 fully saturated rings. The van der Waals surface area contributed by atoms with Crippen molar-refractivity contribution in [1.82, 2.24) is 14.7 Å². The Balaban J connectivity index is 2.13. The molecule has 0 saturated carbocycles. The van der Waals surface area contributed by atoms with E-state index in [1.807, 2.05) is 6.07 Å². The number of hydrogen-bond donors (Lipinski definition) is 1. The van der Waals surface area contributed by atoms with E-state index in [1.54, 1.807) is 19.2 Å². The summed E-state index contributed by atoms with van der Waals surface area (Å²) >= 11 is 0. The molecule has 1 N–H and O–H groups in total. The van der Waals surface area contributed by atoms with E-state index in [9.17, 15) is 8.42 Å². The third kappa shape index (κ3) is 3.38. The molecular weight excluding hydrogens is 276 g/mol. The third-order valence-electron chi connectivity index (χ3n) is 2.57. The normalized spacial score (nSPS) is 11.0. The fourth-order valence-electron chi connectivity index (χ4n) is 1.56. The first-order valence-corrected chi connectivity index (χ1v) is 7.28. The van der Waals surface area contributed by atoms with Crippen LogP contribution in [0.25, 0.3) is 0 Å². The molecule has 0 saturated heterocycles. The van der Waals surface area contributed by atoms with Gasteiger partial charge in [0, 0.05) is 6.20 Å². The Bertz CT molecular complexity index is 749. The van der Waals surface area contributed by atoms with Gasteiger partial charge in [0.15, 0.2) is 0 Å². The smallest absolute Gasteiger partial charge is 0.240 e. The van der Waals surface area contributed by atoms with Gasteiger partial charge in [-0.15, -0.1) is 0 Å². The van der Waals surface area contributed by atoms with Crippen molar-refractivity contribution in [3.8, 4) is 6.07 Å². The summed E-state index contributed by atoms with van der Waals surface area (Å²) in [5, 5.41) is 8.68. The summed E-state index contributed by atoms with van der Waals surface area (Å²) in [6.07, 6.45) is 1.58. The summed E-state index contributed by atoms with van der Waals surface area (Å²) in [4.78, 5) is 8.17. The molecule has 7 heteroatoms. The summed E-state index contributed by atoms with van der Waals surface area (Å²) in [5.41, 5.74) is 1.00. The molecule has 2 aromatic rings. The van der Waals surface area contributed by atoms with Gasteiger partial charge in [0.1, 0.15) is 5.82 Å². The van der Waals surface area contributed by atoms with Crippen molar-refractivity contribution in [3.05, 3.63) is 53.6 Å². The lowest BCUT2D eigenvalue weighted by Crippen LogP contribution is -2.23. The molecular formula is C13H12N4O2S. The molecule has 0 amide bonds. The van der Waals surface area contributed by atoms with Crippen LogP contribution in [0.2, 0.25) is 0 Å². The average Bonchev–Trinajstić information content (AvgIpc) is 2.45. The number of aromatic nitrogens is 2. The maximum Gasteiger partial charge on any atom is 0.240 e. The van der Waals surface area contributed by atoms with E-state index in [1.165, 1.54) is 24.3 Å². The number of rotatable bonds is 4. The van der Waals surface area contributed by atoms with Crippen molar-refractivity contribution < 1.29 is 8.42 Å². The molecule has 0 spiro atoms. The molecule has 0 aliphatic heterocycles. The van der Waals surface area contributed by atoms with Crippen LogP contribution in [-0.4, -0.2) is 18.4 Å². The van der Waals surface area contributed by atoms with E-state index in [0.717, 1.165) is 0 Å². The van der Waals surface area contributed by atoms with Gasteiger partial charge < -0.3 is 0 Å². The first-order chi connectivity index (χ1) is 9.51. The minimum absolute atomic E-state index is 0.0890. The molecule has 2 rings (SSSR count). The van der Waals surface area contributed by atoms with E-state index in [2.05, 4.69) is 14.7 Å². The number of benzene rings is 1. The van der Waals surface area contributed by atoms with Crippen molar-refractivity contribution >= 4 is 10.0 Å². The molecule has 20 heavy (non-hydrogen) atoms. The number of sulfonamides is 1. The van der Waals surface area contributed by atoms with Gasteiger partial charge in [-0.1, -0.05) is 0 Å². The van der Waals surface area contributed by atoms with E-state index in [-0.39, 0.29) is 11.4 Å². The van der Waals surface area contributed by atoms with E-state index in [4.69, 9.17) is 5.26 Å². The van der Waals surface area contributed by atoms with Gasteiger partial charge in [-0.2, -0.15) is 5.26 Å². The monoisotopic (exact) mass is 288 g/mol. The van der Waals surface area contributed by atoms with E-state index >= 15 is 0 Å². The molecule has 1 aromatic carbocycles. The number of nitrogens with zero attached hydrogens (tertiary/aromatic N) is 3. The quantitative estimate of drug-likeness (QED) is 0.910. The van der Waals surface area contributed by atoms with Crippen LogP contribution in [0, 0.1) is 18.3 Å². The maximum atomic E-state index is 12.1. The van der Waals surface area contributed by atoms with Crippen LogP contribution in [0.5, 0.6) is 0 Å². The number of nitriles is 1. The van der Waals surface area contributed by atoms with Gasteiger partial charge in [-0.05, 0) is 37.3 Å². The third-order valence-corrected chi connectivity index (χ3v) is 3.99. The van der Waals surface area contributed by atoms with Gasteiger partial charge in [0.25, 0.3) is 0 Å². The summed E-state index contributed by atoms with van der Waals surface area (Å²) in [6.45, 7) is 1.82. The zero-order valence-corrected chi connectivity index (χ0v) is 11.6. The largest absolute Gasteiger partial charge is 0.242 e. The molecule has 0 aliphatic rings. The second-order valence-electron chi connectivity index (χ2n) is 4.06. The highest BCUT2D eigenvalue weighted by Crippen LogP contribution is 2.10. The van der Waals surface area contributed by atoms with Gasteiger partial charge in [0.05, 0.1) is 28.8 Å². The van der Waals surface area contributed by atoms with E-state index < -0.39 is 10.0 Å². The van der Waals surface area contributed by atoms with Gasteiger partial charge in [-0.25, -0.2) is 23.1 Å². The minimum Gasteiger partial charge on any atom is -0.242 e. The molecule has 6 nitrogen and oxygen atoms in total. The lowest BCUT2D eigenvalue weighted by Gasteiger charge is -2.06. The Labute approximate surface area is 117 Å². The van der Waals surface area contributed by atoms with Crippen LogP contribution in [0.4, 0.5) is 0 Å². The second-order valence-corrected chi connectivity index (χ2v) is 5.82. The van der Waals surface area contributed by atoms with E-state index in [0.29, 0.717) is 17.1 Å². The zero-order chi connectivity index (χ0) is 14.6. The van der Waals surface area contributed by atoms with Gasteiger partial charge in [-0.3, -0.25) is 0 Å². The van der Waals surface area contributed by atoms with Crippen LogP contribution in [0.15, 0.2) is 41.4 Å². The van der Waals surface area contributed by atoms with Crippen molar-refractivity contribution in [2.75, 3.05) is 0 Å². The van der Waals surface area contributed by atoms with Crippen LogP contribution < -0.4 is 4.72 Å². The molecule has 0 unspecified atom stereocenters. The molecule has 0 bridgehead atoms. The van der Waals surface area contributed by atoms with Gasteiger partial charge in [0.2, 0.25) is 10.0 Å².